The van der Waals surface area contributed by atoms with Crippen molar-refractivity contribution in [3.63, 3.8) is 0 Å². The number of likely N-dealkylation sites (N-methyl/N-ethyl adjacent to an activating group) is 1. The van der Waals surface area contributed by atoms with Gasteiger partial charge < -0.3 is 30.3 Å². The van der Waals surface area contributed by atoms with E-state index in [0.29, 0.717) is 13.0 Å². The van der Waals surface area contributed by atoms with E-state index >= 15 is 0 Å². The summed E-state index contributed by atoms with van der Waals surface area (Å²) < 4.78 is 6.19. The lowest BCUT2D eigenvalue weighted by Gasteiger charge is -2.49. The van der Waals surface area contributed by atoms with Gasteiger partial charge in [0.25, 0.3) is 11.8 Å². The number of aromatic amines is 1. The van der Waals surface area contributed by atoms with Crippen LogP contribution in [0.2, 0.25) is 0 Å². The number of hydrogen-bond donors (Lipinski definition) is 4. The van der Waals surface area contributed by atoms with Gasteiger partial charge in [0, 0.05) is 42.0 Å². The lowest BCUT2D eigenvalue weighted by molar-refractivity contribution is -0.319. The summed E-state index contributed by atoms with van der Waals surface area (Å²) in [5.74, 6) is -3.95. The number of benzene rings is 2. The number of hydrogen-bond acceptors (Lipinski definition) is 7. The van der Waals surface area contributed by atoms with Crippen molar-refractivity contribution in [2.24, 2.45) is 5.92 Å². The second kappa shape index (κ2) is 9.61. The minimum atomic E-state index is -2.21. The van der Waals surface area contributed by atoms with Crippen molar-refractivity contribution in [3.05, 3.63) is 71.4 Å². The highest BCUT2D eigenvalue weighted by Gasteiger charge is 2.71. The molecule has 5 heterocycles. The second-order valence-corrected chi connectivity index (χ2v) is 13.3. The fourth-order valence-corrected chi connectivity index (χ4v) is 8.67. The van der Waals surface area contributed by atoms with E-state index in [4.69, 9.17) is 4.74 Å². The van der Waals surface area contributed by atoms with Crippen LogP contribution in [-0.4, -0.2) is 97.2 Å². The second-order valence-electron chi connectivity index (χ2n) is 13.3. The highest BCUT2D eigenvalue weighted by Crippen LogP contribution is 2.48. The Kier molecular flexibility index (Phi) is 6.06. The molecule has 1 aliphatic carbocycles. The fourth-order valence-electron chi connectivity index (χ4n) is 8.67. The molecule has 1 aromatic heterocycles. The predicted molar refractivity (Wildman–Crippen MR) is 159 cm³/mol. The molecular weight excluding hydrogens is 562 g/mol. The molecule has 0 radical (unpaired) electrons. The molecule has 0 bridgehead atoms. The van der Waals surface area contributed by atoms with Crippen molar-refractivity contribution in [2.75, 3.05) is 13.6 Å². The maximum Gasteiger partial charge on any atom is 0.280 e. The molecule has 8 rings (SSSR count). The molecule has 4 N–H and O–H groups in total. The van der Waals surface area contributed by atoms with Gasteiger partial charge in [-0.3, -0.25) is 24.0 Å². The molecule has 44 heavy (non-hydrogen) atoms. The van der Waals surface area contributed by atoms with E-state index in [1.54, 1.807) is 0 Å². The number of aliphatic hydroxyl groups excluding tert-OH is 1. The number of rotatable bonds is 4. The molecule has 0 saturated carbocycles. The van der Waals surface area contributed by atoms with Crippen molar-refractivity contribution < 1.29 is 29.3 Å². The van der Waals surface area contributed by atoms with E-state index in [0.717, 1.165) is 22.4 Å². The van der Waals surface area contributed by atoms with Crippen molar-refractivity contribution in [2.45, 2.75) is 80.9 Å². The van der Waals surface area contributed by atoms with Crippen LogP contribution in [0.15, 0.2) is 54.7 Å². The summed E-state index contributed by atoms with van der Waals surface area (Å²) in [6.45, 7) is 1.96. The van der Waals surface area contributed by atoms with E-state index in [-0.39, 0.29) is 37.1 Å². The number of carbonyl (C=O) groups excluding carboxylic acids is 3. The number of piperidine rings is 1. The number of aliphatic hydroxyl groups is 2. The van der Waals surface area contributed by atoms with Crippen molar-refractivity contribution in [1.29, 1.82) is 0 Å². The van der Waals surface area contributed by atoms with Crippen LogP contribution in [0.1, 0.15) is 48.8 Å². The number of H-pyrrole nitrogens is 1. The van der Waals surface area contributed by atoms with Gasteiger partial charge >= 0.3 is 0 Å². The molecule has 11 nitrogen and oxygen atoms in total. The Morgan fingerprint density at radius 1 is 1.14 bits per heavy atom. The summed E-state index contributed by atoms with van der Waals surface area (Å²) in [7, 11) is 2.04. The minimum Gasteiger partial charge on any atom is -0.374 e. The predicted octanol–water partition coefficient (Wildman–Crippen LogP) is 1.40. The van der Waals surface area contributed by atoms with Crippen molar-refractivity contribution >= 4 is 28.6 Å². The van der Waals surface area contributed by atoms with Gasteiger partial charge in [-0.25, -0.2) is 0 Å². The number of likely N-dealkylation sites (tertiary alicyclic amines) is 1. The van der Waals surface area contributed by atoms with Gasteiger partial charge in [0.2, 0.25) is 17.5 Å². The molecular formula is C33H37N5O6. The first kappa shape index (κ1) is 27.8. The summed E-state index contributed by atoms with van der Waals surface area (Å²) in [5.41, 5.74) is 2.50. The molecule has 3 aromatic rings. The number of piperazine rings is 1. The van der Waals surface area contributed by atoms with E-state index in [9.17, 15) is 24.6 Å². The maximum atomic E-state index is 14.2. The third-order valence-corrected chi connectivity index (χ3v) is 10.7. The van der Waals surface area contributed by atoms with Crippen molar-refractivity contribution in [1.82, 2.24) is 25.0 Å². The Bertz CT molecular complexity index is 1680. The van der Waals surface area contributed by atoms with Gasteiger partial charge in [-0.15, -0.1) is 0 Å². The smallest absolute Gasteiger partial charge is 0.280 e. The molecule has 4 fully saturated rings. The van der Waals surface area contributed by atoms with Crippen molar-refractivity contribution in [3.8, 4) is 0 Å². The van der Waals surface area contributed by atoms with Gasteiger partial charge in [0.05, 0.1) is 5.92 Å². The van der Waals surface area contributed by atoms with Crippen LogP contribution in [0.25, 0.3) is 10.9 Å². The molecule has 230 valence electrons. The summed E-state index contributed by atoms with van der Waals surface area (Å²) in [6, 6.07) is 13.7. The Morgan fingerprint density at radius 3 is 2.73 bits per heavy atom. The van der Waals surface area contributed by atoms with Gasteiger partial charge in [-0.1, -0.05) is 42.5 Å². The number of carbonyl (C=O) groups is 3. The molecule has 4 aliphatic heterocycles. The standard InChI is InChI=1S/C33H37N5O6/c1-32(35-29(40)20-14-22-21-9-6-10-23-28(21)19(16-34-23)15-24(22)36(2)17-20)31(42)38-25(13-18-7-4-3-5-8-18)30(41)37-26(11-12-27(37)39)33(38,43)44-32/h3-10,16,20,22,24-27,34,39,43H,11-15,17H2,1-2H3,(H,35,40)/t20-,22-,24-,25+,26+,27+,32-,33+/m1/s1. The molecule has 0 unspecified atom stereocenters. The Morgan fingerprint density at radius 2 is 1.93 bits per heavy atom. The minimum absolute atomic E-state index is 0.125. The first-order chi connectivity index (χ1) is 21.1. The van der Waals surface area contributed by atoms with Gasteiger partial charge in [-0.2, -0.15) is 0 Å². The largest absolute Gasteiger partial charge is 0.374 e. The average Bonchev–Trinajstić information content (AvgIpc) is 3.66. The first-order valence-corrected chi connectivity index (χ1v) is 15.5. The molecule has 3 amide bonds. The molecule has 2 aromatic carbocycles. The van der Waals surface area contributed by atoms with Crippen LogP contribution in [0.5, 0.6) is 0 Å². The number of nitrogens with zero attached hydrogens (tertiary/aromatic N) is 3. The highest BCUT2D eigenvalue weighted by atomic mass is 16.7. The monoisotopic (exact) mass is 599 g/mol. The molecule has 0 spiro atoms. The number of fused-ring (bicyclic) bond motifs is 5. The van der Waals surface area contributed by atoms with Crippen LogP contribution in [0, 0.1) is 5.92 Å². The topological polar surface area (TPSA) is 138 Å². The fraction of sp³-hybridized carbons (Fsp3) is 0.485. The summed E-state index contributed by atoms with van der Waals surface area (Å²) in [4.78, 5) is 49.9. The van der Waals surface area contributed by atoms with E-state index < -0.39 is 47.7 Å². The number of amides is 3. The zero-order chi connectivity index (χ0) is 30.5. The SMILES string of the molecule is CN1C[C@H](C(=O)N[C@]2(C)O[C@@]3(O)[C@@H]4CC[C@H](O)N4C(=O)[C@H](Cc4ccccc4)N3C2=O)C[C@@H]2c3cccc4[nH]cc(c34)C[C@H]21. The third-order valence-electron chi connectivity index (χ3n) is 10.7. The van der Waals surface area contributed by atoms with E-state index in [1.807, 2.05) is 43.4 Å². The Balaban J connectivity index is 1.08. The van der Waals surface area contributed by atoms with Crippen LogP contribution >= 0.6 is 0 Å². The van der Waals surface area contributed by atoms with Crippen LogP contribution < -0.4 is 5.32 Å². The molecule has 11 heteroatoms. The molecule has 8 atom stereocenters. The van der Waals surface area contributed by atoms with Crippen LogP contribution in [0.4, 0.5) is 0 Å². The average molecular weight is 600 g/mol. The summed E-state index contributed by atoms with van der Waals surface area (Å²) >= 11 is 0. The number of ether oxygens (including phenoxy) is 1. The van der Waals surface area contributed by atoms with Gasteiger partial charge in [-0.05, 0) is 62.4 Å². The van der Waals surface area contributed by atoms with E-state index in [2.05, 4.69) is 33.5 Å². The Hall–Kier alpha value is -3.77. The van der Waals surface area contributed by atoms with E-state index in [1.165, 1.54) is 28.3 Å². The highest BCUT2D eigenvalue weighted by molar-refractivity contribution is 5.97. The maximum absolute atomic E-state index is 14.2. The lowest BCUT2D eigenvalue weighted by atomic mass is 9.72. The first-order valence-electron chi connectivity index (χ1n) is 15.5. The van der Waals surface area contributed by atoms with Crippen LogP contribution in [0.3, 0.4) is 0 Å². The summed E-state index contributed by atoms with van der Waals surface area (Å²) in [5, 5.41) is 26.9. The molecule has 5 aliphatic rings. The quantitative estimate of drug-likeness (QED) is 0.356. The van der Waals surface area contributed by atoms with Gasteiger partial charge in [0.1, 0.15) is 18.3 Å². The normalized spacial score (nSPS) is 36.4. The lowest BCUT2D eigenvalue weighted by Crippen LogP contribution is -2.72. The zero-order valence-electron chi connectivity index (χ0n) is 24.8. The Labute approximate surface area is 254 Å². The molecule has 4 saturated heterocycles. The van der Waals surface area contributed by atoms with Crippen LogP contribution in [-0.2, 0) is 32.0 Å². The third kappa shape index (κ3) is 3.86. The zero-order valence-corrected chi connectivity index (χ0v) is 24.8. The number of aromatic nitrogens is 1. The number of nitrogens with one attached hydrogen (secondary N) is 2. The van der Waals surface area contributed by atoms with Gasteiger partial charge in [0.15, 0.2) is 0 Å². The summed E-state index contributed by atoms with van der Waals surface area (Å²) in [6.07, 6.45) is 3.12.